The predicted molar refractivity (Wildman–Crippen MR) is 97.4 cm³/mol. The zero-order valence-electron chi connectivity index (χ0n) is 13.8. The molecule has 1 fully saturated rings. The fourth-order valence-electron chi connectivity index (χ4n) is 3.14. The Kier molecular flexibility index (Phi) is 3.65. The number of hydrogen-bond acceptors (Lipinski definition) is 5. The quantitative estimate of drug-likeness (QED) is 0.570. The number of benzene rings is 2. The Balaban J connectivity index is 1.81. The van der Waals surface area contributed by atoms with E-state index in [1.165, 1.54) is 12.1 Å². The first-order chi connectivity index (χ1) is 12.5. The minimum atomic E-state index is -0.467. The Morgan fingerprint density at radius 3 is 2.54 bits per heavy atom. The molecule has 8 heteroatoms. The highest BCUT2D eigenvalue weighted by Gasteiger charge is 2.33. The van der Waals surface area contributed by atoms with E-state index in [0.29, 0.717) is 5.84 Å². The number of fused-ring (bicyclic) bond motifs is 2. The van der Waals surface area contributed by atoms with E-state index in [4.69, 9.17) is 0 Å². The Morgan fingerprint density at radius 1 is 1.08 bits per heavy atom. The van der Waals surface area contributed by atoms with Crippen LogP contribution in [0, 0.1) is 10.1 Å². The highest BCUT2D eigenvalue weighted by atomic mass is 16.6. The van der Waals surface area contributed by atoms with Gasteiger partial charge in [-0.15, -0.1) is 0 Å². The van der Waals surface area contributed by atoms with Gasteiger partial charge < -0.3 is 10.6 Å². The number of nitrogens with one attached hydrogen (secondary N) is 3. The molecule has 0 radical (unpaired) electrons. The number of hydrogen-bond donors (Lipinski definition) is 3. The molecule has 26 heavy (non-hydrogen) atoms. The number of allylic oxidation sites excluding steroid dienone is 1. The molecule has 0 aromatic heterocycles. The maximum atomic E-state index is 12.2. The number of amidine groups is 1. The number of nitrogens with zero attached hydrogens (tertiary/aromatic N) is 2. The highest BCUT2D eigenvalue weighted by molar-refractivity contribution is 6.13. The Hall–Kier alpha value is -3.68. The maximum absolute atomic E-state index is 12.2. The van der Waals surface area contributed by atoms with Crippen molar-refractivity contribution < 1.29 is 9.72 Å². The van der Waals surface area contributed by atoms with Crippen LogP contribution in [-0.4, -0.2) is 16.8 Å². The van der Waals surface area contributed by atoms with Gasteiger partial charge in [-0.1, -0.05) is 12.1 Å². The Bertz CT molecular complexity index is 979. The third-order valence-corrected chi connectivity index (χ3v) is 4.35. The second kappa shape index (κ2) is 5.99. The zero-order valence-corrected chi connectivity index (χ0v) is 13.8. The van der Waals surface area contributed by atoms with Crippen LogP contribution in [0.15, 0.2) is 64.8 Å². The summed E-state index contributed by atoms with van der Waals surface area (Å²) < 4.78 is 0. The van der Waals surface area contributed by atoms with Crippen LogP contribution in [0.4, 0.5) is 21.9 Å². The molecule has 8 nitrogen and oxygen atoms in total. The number of carbonyl (C=O) groups is 1. The van der Waals surface area contributed by atoms with E-state index in [1.807, 2.05) is 31.2 Å². The van der Waals surface area contributed by atoms with E-state index in [1.54, 1.807) is 12.1 Å². The summed E-state index contributed by atoms with van der Waals surface area (Å²) in [7, 11) is 0. The van der Waals surface area contributed by atoms with Crippen molar-refractivity contribution in [2.45, 2.75) is 13.0 Å². The molecule has 1 atom stereocenters. The van der Waals surface area contributed by atoms with Gasteiger partial charge in [0.05, 0.1) is 22.3 Å². The lowest BCUT2D eigenvalue weighted by molar-refractivity contribution is -0.384. The van der Waals surface area contributed by atoms with Gasteiger partial charge in [-0.3, -0.25) is 15.4 Å². The van der Waals surface area contributed by atoms with Gasteiger partial charge in [0, 0.05) is 23.4 Å². The van der Waals surface area contributed by atoms with Gasteiger partial charge in [0.25, 0.3) is 5.69 Å². The van der Waals surface area contributed by atoms with Gasteiger partial charge >= 0.3 is 6.03 Å². The molecule has 0 saturated carbocycles. The van der Waals surface area contributed by atoms with Crippen LogP contribution in [-0.2, 0) is 0 Å². The fourth-order valence-corrected chi connectivity index (χ4v) is 3.14. The molecular formula is C18H15N5O3. The first-order valence-electron chi connectivity index (χ1n) is 8.00. The van der Waals surface area contributed by atoms with Crippen molar-refractivity contribution in [3.05, 3.63) is 75.5 Å². The maximum Gasteiger partial charge on any atom is 0.321 e. The van der Waals surface area contributed by atoms with Crippen LogP contribution in [0.1, 0.15) is 18.5 Å². The largest absolute Gasteiger partial charge is 0.357 e. The standard InChI is InChI=1S/C18H15N5O3/c1-10-15-16(11-6-8-12(9-7-11)23(25)26)21-18(24)22-17(15)20-14-5-3-2-4-13(14)19-10/h2-9,16,19H,1H3,(H2,20,21,22,24). The molecule has 2 aliphatic heterocycles. The lowest BCUT2D eigenvalue weighted by atomic mass is 9.94. The van der Waals surface area contributed by atoms with Crippen LogP contribution in [0.5, 0.6) is 0 Å². The average molecular weight is 349 g/mol. The van der Waals surface area contributed by atoms with E-state index in [-0.39, 0.29) is 11.7 Å². The first-order valence-corrected chi connectivity index (χ1v) is 8.00. The summed E-state index contributed by atoms with van der Waals surface area (Å²) in [6.45, 7) is 1.91. The molecule has 2 heterocycles. The summed E-state index contributed by atoms with van der Waals surface area (Å²) in [5.74, 6) is 0.465. The van der Waals surface area contributed by atoms with Crippen LogP contribution >= 0.6 is 0 Å². The number of non-ortho nitro benzene ring substituents is 1. The third kappa shape index (κ3) is 2.67. The Labute approximate surface area is 148 Å². The molecule has 0 aliphatic carbocycles. The van der Waals surface area contributed by atoms with Gasteiger partial charge in [-0.05, 0) is 36.8 Å². The van der Waals surface area contributed by atoms with E-state index >= 15 is 0 Å². The molecule has 0 bridgehead atoms. The summed E-state index contributed by atoms with van der Waals surface area (Å²) in [5.41, 5.74) is 3.93. The summed E-state index contributed by atoms with van der Waals surface area (Å²) in [4.78, 5) is 27.2. The SMILES string of the molecule is CC1=C2C(=Nc3ccccc3N1)NC(=O)NC2c1ccc([N+](=O)[O-])cc1. The van der Waals surface area contributed by atoms with Crippen molar-refractivity contribution in [2.75, 3.05) is 5.32 Å². The van der Waals surface area contributed by atoms with Crippen LogP contribution in [0.25, 0.3) is 0 Å². The van der Waals surface area contributed by atoms with Gasteiger partial charge in [0.15, 0.2) is 0 Å². The van der Waals surface area contributed by atoms with Crippen molar-refractivity contribution in [2.24, 2.45) is 4.99 Å². The molecule has 2 aromatic carbocycles. The van der Waals surface area contributed by atoms with Crippen molar-refractivity contribution >= 4 is 28.9 Å². The molecule has 1 saturated heterocycles. The van der Waals surface area contributed by atoms with Gasteiger partial charge in [0.2, 0.25) is 0 Å². The minimum Gasteiger partial charge on any atom is -0.357 e. The third-order valence-electron chi connectivity index (χ3n) is 4.35. The summed E-state index contributed by atoms with van der Waals surface area (Å²) in [6, 6.07) is 12.9. The van der Waals surface area contributed by atoms with Gasteiger partial charge in [0.1, 0.15) is 5.84 Å². The van der Waals surface area contributed by atoms with Gasteiger partial charge in [-0.2, -0.15) is 0 Å². The topological polar surface area (TPSA) is 109 Å². The number of para-hydroxylation sites is 2. The second-order valence-electron chi connectivity index (χ2n) is 6.02. The van der Waals surface area contributed by atoms with Crippen molar-refractivity contribution in [1.29, 1.82) is 0 Å². The fraction of sp³-hybridized carbons (Fsp3) is 0.111. The van der Waals surface area contributed by atoms with E-state index < -0.39 is 11.0 Å². The number of carbonyl (C=O) groups excluding carboxylic acids is 1. The number of anilines is 1. The van der Waals surface area contributed by atoms with E-state index in [9.17, 15) is 14.9 Å². The number of nitro groups is 1. The highest BCUT2D eigenvalue weighted by Crippen LogP contribution is 2.35. The summed E-state index contributed by atoms with van der Waals surface area (Å²) >= 11 is 0. The number of nitro benzene ring substituents is 1. The predicted octanol–water partition coefficient (Wildman–Crippen LogP) is 3.38. The normalized spacial score (nSPS) is 18.4. The van der Waals surface area contributed by atoms with Crippen LogP contribution < -0.4 is 16.0 Å². The van der Waals surface area contributed by atoms with Crippen LogP contribution in [0.2, 0.25) is 0 Å². The Morgan fingerprint density at radius 2 is 1.81 bits per heavy atom. The molecule has 3 N–H and O–H groups in total. The lowest BCUT2D eigenvalue weighted by Crippen LogP contribution is -2.50. The van der Waals surface area contributed by atoms with Crippen molar-refractivity contribution in [1.82, 2.24) is 10.6 Å². The average Bonchev–Trinajstić information content (AvgIpc) is 2.76. The molecule has 0 spiro atoms. The van der Waals surface area contributed by atoms with Gasteiger partial charge in [-0.25, -0.2) is 9.79 Å². The van der Waals surface area contributed by atoms with Crippen LogP contribution in [0.3, 0.4) is 0 Å². The molecule has 4 rings (SSSR count). The lowest BCUT2D eigenvalue weighted by Gasteiger charge is -2.29. The number of aliphatic imine (C=N–C) groups is 1. The minimum absolute atomic E-state index is 0.000000383. The van der Waals surface area contributed by atoms with Crippen molar-refractivity contribution in [3.63, 3.8) is 0 Å². The number of urea groups is 1. The molecule has 130 valence electrons. The molecule has 2 aromatic rings. The molecular weight excluding hydrogens is 334 g/mol. The monoisotopic (exact) mass is 349 g/mol. The molecule has 1 unspecified atom stereocenters. The smallest absolute Gasteiger partial charge is 0.321 e. The number of amides is 2. The number of rotatable bonds is 2. The second-order valence-corrected chi connectivity index (χ2v) is 6.02. The first kappa shape index (κ1) is 15.8. The summed E-state index contributed by atoms with van der Waals surface area (Å²) in [6.07, 6.45) is 0. The van der Waals surface area contributed by atoms with E-state index in [2.05, 4.69) is 20.9 Å². The van der Waals surface area contributed by atoms with Crippen molar-refractivity contribution in [3.8, 4) is 0 Å². The summed E-state index contributed by atoms with van der Waals surface area (Å²) in [5, 5.41) is 19.8. The molecule has 2 aliphatic rings. The molecule has 2 amide bonds. The zero-order chi connectivity index (χ0) is 18.3. The van der Waals surface area contributed by atoms with E-state index in [0.717, 1.165) is 28.2 Å².